The Hall–Kier alpha value is -3.45. The first-order valence-corrected chi connectivity index (χ1v) is 11.1. The number of allylic oxidation sites excluding steroid dienone is 1. The van der Waals surface area contributed by atoms with Crippen molar-refractivity contribution >= 4 is 6.09 Å². The van der Waals surface area contributed by atoms with Gasteiger partial charge in [0.25, 0.3) is 0 Å². The zero-order valence-corrected chi connectivity index (χ0v) is 19.5. The molecule has 0 aliphatic rings. The Labute approximate surface area is 195 Å². The highest BCUT2D eigenvalue weighted by atomic mass is 16.5. The highest BCUT2D eigenvalue weighted by Gasteiger charge is 2.41. The van der Waals surface area contributed by atoms with Gasteiger partial charge in [-0.2, -0.15) is 0 Å². The molecule has 0 saturated heterocycles. The summed E-state index contributed by atoms with van der Waals surface area (Å²) < 4.78 is 6.82. The maximum Gasteiger partial charge on any atom is 0.410 e. The number of ether oxygens (including phenoxy) is 1. The first-order valence-electron chi connectivity index (χ1n) is 11.1. The molecule has 1 amide bonds. The van der Waals surface area contributed by atoms with E-state index >= 15 is 0 Å². The number of nitrogens with zero attached hydrogens (tertiary/aromatic N) is 4. The van der Waals surface area contributed by atoms with Crippen LogP contribution in [0.4, 0.5) is 4.79 Å². The molecule has 0 spiro atoms. The number of aliphatic hydroxyl groups excluding tert-OH is 1. The minimum atomic E-state index is -1.11. The van der Waals surface area contributed by atoms with E-state index in [0.29, 0.717) is 18.7 Å². The Morgan fingerprint density at radius 3 is 2.42 bits per heavy atom. The van der Waals surface area contributed by atoms with E-state index in [0.717, 1.165) is 17.8 Å². The van der Waals surface area contributed by atoms with Gasteiger partial charge in [-0.15, -0.1) is 11.7 Å². The van der Waals surface area contributed by atoms with Gasteiger partial charge < -0.3 is 9.84 Å². The van der Waals surface area contributed by atoms with Crippen molar-refractivity contribution in [3.05, 3.63) is 90.3 Å². The molecule has 1 aromatic heterocycles. The average molecular weight is 449 g/mol. The van der Waals surface area contributed by atoms with Crippen LogP contribution in [0.5, 0.6) is 0 Å². The topological polar surface area (TPSA) is 80.5 Å². The van der Waals surface area contributed by atoms with E-state index < -0.39 is 11.6 Å². The van der Waals surface area contributed by atoms with Crippen LogP contribution < -0.4 is 0 Å². The molecule has 174 valence electrons. The number of hydrogen-bond donors (Lipinski definition) is 1. The van der Waals surface area contributed by atoms with Crippen molar-refractivity contribution in [3.63, 3.8) is 0 Å². The molecule has 0 aliphatic heterocycles. The van der Waals surface area contributed by atoms with Crippen LogP contribution in [0.25, 0.3) is 5.69 Å². The summed E-state index contributed by atoms with van der Waals surface area (Å²) in [5.74, 6) is 0.180. The van der Waals surface area contributed by atoms with Gasteiger partial charge in [-0.25, -0.2) is 9.48 Å². The number of amides is 1. The van der Waals surface area contributed by atoms with Crippen molar-refractivity contribution in [1.82, 2.24) is 19.9 Å². The molecule has 2 atom stereocenters. The number of para-hydroxylation sites is 1. The molecule has 0 saturated carbocycles. The van der Waals surface area contributed by atoms with Crippen LogP contribution in [0.3, 0.4) is 0 Å². The molecule has 2 unspecified atom stereocenters. The van der Waals surface area contributed by atoms with Gasteiger partial charge >= 0.3 is 6.09 Å². The van der Waals surface area contributed by atoms with Crippen LogP contribution in [0.2, 0.25) is 0 Å². The molecule has 1 N–H and O–H groups in total. The van der Waals surface area contributed by atoms with Gasteiger partial charge in [-0.05, 0) is 50.3 Å². The van der Waals surface area contributed by atoms with Crippen molar-refractivity contribution in [3.8, 4) is 5.69 Å². The Morgan fingerprint density at radius 1 is 1.21 bits per heavy atom. The standard InChI is InChI=1S/C26H32N4O3/c1-5-12-21(22-13-8-6-9-14-22)17-18-29(25(32)33-4)26(3,19-31)24-20(2)30(28-27-24)23-15-10-7-11-16-23/h5-11,13-16,21,31H,1,12,17-19H2,2-4H3. The second-order valence-electron chi connectivity index (χ2n) is 8.25. The molecule has 0 bridgehead atoms. The van der Waals surface area contributed by atoms with E-state index in [4.69, 9.17) is 4.74 Å². The molecule has 3 rings (SSSR count). The Morgan fingerprint density at radius 2 is 1.85 bits per heavy atom. The molecular formula is C26H32N4O3. The van der Waals surface area contributed by atoms with Gasteiger partial charge in [-0.1, -0.05) is 59.8 Å². The van der Waals surface area contributed by atoms with E-state index in [1.165, 1.54) is 12.7 Å². The second-order valence-corrected chi connectivity index (χ2v) is 8.25. The summed E-state index contributed by atoms with van der Waals surface area (Å²) in [5.41, 5.74) is 2.20. The quantitative estimate of drug-likeness (QED) is 0.459. The molecule has 2 aromatic carbocycles. The lowest BCUT2D eigenvalue weighted by atomic mass is 9.90. The van der Waals surface area contributed by atoms with Gasteiger partial charge in [0.15, 0.2) is 0 Å². The van der Waals surface area contributed by atoms with Crippen LogP contribution in [0, 0.1) is 6.92 Å². The number of hydrogen-bond acceptors (Lipinski definition) is 5. The maximum absolute atomic E-state index is 12.9. The average Bonchev–Trinajstić information content (AvgIpc) is 3.25. The third-order valence-electron chi connectivity index (χ3n) is 6.13. The monoisotopic (exact) mass is 448 g/mol. The molecular weight excluding hydrogens is 416 g/mol. The van der Waals surface area contributed by atoms with Crippen LogP contribution in [-0.4, -0.2) is 51.4 Å². The lowest BCUT2D eigenvalue weighted by molar-refractivity contribution is 0.0283. The summed E-state index contributed by atoms with van der Waals surface area (Å²) >= 11 is 0. The number of carbonyl (C=O) groups excluding carboxylic acids is 1. The molecule has 0 fully saturated rings. The van der Waals surface area contributed by atoms with Crippen molar-refractivity contribution < 1.29 is 14.6 Å². The molecule has 7 heteroatoms. The van der Waals surface area contributed by atoms with E-state index in [9.17, 15) is 9.90 Å². The lowest BCUT2D eigenvalue weighted by Gasteiger charge is -2.38. The summed E-state index contributed by atoms with van der Waals surface area (Å²) in [6, 6.07) is 19.8. The molecule has 33 heavy (non-hydrogen) atoms. The first-order chi connectivity index (χ1) is 16.0. The van der Waals surface area contributed by atoms with E-state index in [-0.39, 0.29) is 12.5 Å². The number of carbonyl (C=O) groups is 1. The summed E-state index contributed by atoms with van der Waals surface area (Å²) in [5, 5.41) is 19.2. The zero-order chi connectivity index (χ0) is 23.8. The van der Waals surface area contributed by atoms with Gasteiger partial charge in [0.1, 0.15) is 11.2 Å². The number of benzene rings is 2. The highest BCUT2D eigenvalue weighted by molar-refractivity contribution is 5.69. The number of methoxy groups -OCH3 is 1. The first kappa shape index (κ1) is 24.2. The summed E-state index contributed by atoms with van der Waals surface area (Å²) in [7, 11) is 1.35. The highest BCUT2D eigenvalue weighted by Crippen LogP contribution is 2.32. The fourth-order valence-electron chi connectivity index (χ4n) is 4.21. The van der Waals surface area contributed by atoms with Crippen molar-refractivity contribution in [1.29, 1.82) is 0 Å². The molecule has 1 heterocycles. The fourth-order valence-corrected chi connectivity index (χ4v) is 4.21. The van der Waals surface area contributed by atoms with Crippen LogP contribution in [0.1, 0.15) is 42.6 Å². The van der Waals surface area contributed by atoms with Gasteiger partial charge in [0.2, 0.25) is 0 Å². The molecule has 7 nitrogen and oxygen atoms in total. The Bertz CT molecular complexity index is 1050. The van der Waals surface area contributed by atoms with E-state index in [1.807, 2.05) is 61.5 Å². The minimum Gasteiger partial charge on any atom is -0.453 e. The molecule has 3 aromatic rings. The van der Waals surface area contributed by atoms with Crippen molar-refractivity contribution in [2.75, 3.05) is 20.3 Å². The Balaban J connectivity index is 1.94. The van der Waals surface area contributed by atoms with Crippen molar-refractivity contribution in [2.45, 2.75) is 38.1 Å². The molecule has 0 aliphatic carbocycles. The third kappa shape index (κ3) is 5.14. The SMILES string of the molecule is C=CCC(CCN(C(=O)OC)C(C)(CO)c1nnn(-c2ccccc2)c1C)c1ccccc1. The number of aliphatic hydroxyl groups is 1. The second kappa shape index (κ2) is 10.9. The zero-order valence-electron chi connectivity index (χ0n) is 19.5. The fraction of sp³-hybridized carbons (Fsp3) is 0.346. The summed E-state index contributed by atoms with van der Waals surface area (Å²) in [6.45, 7) is 7.62. The van der Waals surface area contributed by atoms with Crippen LogP contribution >= 0.6 is 0 Å². The lowest BCUT2D eigenvalue weighted by Crippen LogP contribution is -2.51. The van der Waals surface area contributed by atoms with Gasteiger partial charge in [0.05, 0.1) is 25.1 Å². The maximum atomic E-state index is 12.9. The van der Waals surface area contributed by atoms with Gasteiger partial charge in [-0.3, -0.25) is 4.90 Å². The predicted molar refractivity (Wildman–Crippen MR) is 128 cm³/mol. The van der Waals surface area contributed by atoms with Crippen LogP contribution in [0.15, 0.2) is 73.3 Å². The van der Waals surface area contributed by atoms with Gasteiger partial charge in [0, 0.05) is 6.54 Å². The smallest absolute Gasteiger partial charge is 0.410 e. The summed E-state index contributed by atoms with van der Waals surface area (Å²) in [6.07, 6.45) is 2.82. The molecule has 0 radical (unpaired) electrons. The van der Waals surface area contributed by atoms with E-state index in [1.54, 1.807) is 16.5 Å². The predicted octanol–water partition coefficient (Wildman–Crippen LogP) is 4.60. The summed E-state index contributed by atoms with van der Waals surface area (Å²) in [4.78, 5) is 14.5. The number of rotatable bonds is 10. The van der Waals surface area contributed by atoms with Crippen LogP contribution in [-0.2, 0) is 10.3 Å². The largest absolute Gasteiger partial charge is 0.453 e. The number of aromatic nitrogens is 3. The Kier molecular flexibility index (Phi) is 8.01. The van der Waals surface area contributed by atoms with Crippen molar-refractivity contribution in [2.24, 2.45) is 0 Å². The van der Waals surface area contributed by atoms with E-state index in [2.05, 4.69) is 29.0 Å². The minimum absolute atomic E-state index is 0.180. The normalized spacial score (nSPS) is 13.7. The third-order valence-corrected chi connectivity index (χ3v) is 6.13.